The third-order valence-electron chi connectivity index (χ3n) is 3.25. The Kier molecular flexibility index (Phi) is 4.76. The number of rotatable bonds is 4. The maximum absolute atomic E-state index is 11.4. The van der Waals surface area contributed by atoms with Gasteiger partial charge in [0.2, 0.25) is 0 Å². The first kappa shape index (κ1) is 13.8. The molecule has 0 fully saturated rings. The zero-order valence-electron chi connectivity index (χ0n) is 11.3. The van der Waals surface area contributed by atoms with Crippen molar-refractivity contribution in [3.05, 3.63) is 29.8 Å². The topological polar surface area (TPSA) is 48.0 Å². The van der Waals surface area contributed by atoms with E-state index in [0.29, 0.717) is 6.61 Å². The molecule has 1 aromatic rings. The number of methoxy groups -OCH3 is 1. The first-order valence-electron chi connectivity index (χ1n) is 6.35. The summed E-state index contributed by atoms with van der Waals surface area (Å²) < 4.78 is 10.4. The highest BCUT2D eigenvalue weighted by atomic mass is 16.7. The maximum atomic E-state index is 11.4. The lowest BCUT2D eigenvalue weighted by molar-refractivity contribution is -0.183. The van der Waals surface area contributed by atoms with Crippen molar-refractivity contribution in [3.63, 3.8) is 0 Å². The van der Waals surface area contributed by atoms with Crippen molar-refractivity contribution in [3.8, 4) is 5.75 Å². The molecule has 5 nitrogen and oxygen atoms in total. The van der Waals surface area contributed by atoms with E-state index in [2.05, 4.69) is 0 Å². The molecule has 0 radical (unpaired) electrons. The molecule has 0 N–H and O–H groups in total. The normalized spacial score (nSPS) is 18.4. The van der Waals surface area contributed by atoms with E-state index in [-0.39, 0.29) is 18.6 Å². The summed E-state index contributed by atoms with van der Waals surface area (Å²) in [7, 11) is 2.94. The van der Waals surface area contributed by atoms with Crippen LogP contribution in [0.4, 0.5) is 0 Å². The van der Waals surface area contributed by atoms with Gasteiger partial charge in [0.15, 0.2) is 0 Å². The summed E-state index contributed by atoms with van der Waals surface area (Å²) in [6.07, 6.45) is 1.79. The lowest BCUT2D eigenvalue weighted by atomic mass is 10.0. The minimum absolute atomic E-state index is 0.00259. The number of hydrogen-bond donors (Lipinski definition) is 0. The van der Waals surface area contributed by atoms with Gasteiger partial charge < -0.3 is 14.3 Å². The minimum Gasteiger partial charge on any atom is -0.493 e. The van der Waals surface area contributed by atoms with Gasteiger partial charge in [0.1, 0.15) is 12.3 Å². The number of hydrogen-bond acceptors (Lipinski definition) is 5. The lowest BCUT2D eigenvalue weighted by Gasteiger charge is -2.28. The molecule has 1 aliphatic heterocycles. The molecule has 1 unspecified atom stereocenters. The van der Waals surface area contributed by atoms with E-state index in [9.17, 15) is 4.79 Å². The monoisotopic (exact) mass is 265 g/mol. The SMILES string of the molecule is COC(=O)CN(OC)C1CCCOc2ccccc21. The molecule has 1 aliphatic rings. The summed E-state index contributed by atoms with van der Waals surface area (Å²) in [6, 6.07) is 7.86. The van der Waals surface area contributed by atoms with E-state index in [1.54, 1.807) is 12.2 Å². The molecule has 0 aliphatic carbocycles. The van der Waals surface area contributed by atoms with E-state index in [1.807, 2.05) is 24.3 Å². The van der Waals surface area contributed by atoms with Crippen molar-refractivity contribution in [2.45, 2.75) is 18.9 Å². The van der Waals surface area contributed by atoms with Gasteiger partial charge in [-0.25, -0.2) is 0 Å². The van der Waals surface area contributed by atoms with Crippen LogP contribution in [0.2, 0.25) is 0 Å². The van der Waals surface area contributed by atoms with Crippen LogP contribution in [0.15, 0.2) is 24.3 Å². The number of hydroxylamine groups is 2. The highest BCUT2D eigenvalue weighted by Gasteiger charge is 2.27. The summed E-state index contributed by atoms with van der Waals surface area (Å²) in [5.41, 5.74) is 1.05. The zero-order valence-corrected chi connectivity index (χ0v) is 11.3. The van der Waals surface area contributed by atoms with Gasteiger partial charge in [-0.1, -0.05) is 18.2 Å². The number of ether oxygens (including phenoxy) is 2. The van der Waals surface area contributed by atoms with Gasteiger partial charge in [0, 0.05) is 5.56 Å². The summed E-state index contributed by atoms with van der Waals surface area (Å²) in [5.74, 6) is 0.543. The van der Waals surface area contributed by atoms with Gasteiger partial charge in [-0.3, -0.25) is 4.79 Å². The second-order valence-electron chi connectivity index (χ2n) is 4.38. The fourth-order valence-electron chi connectivity index (χ4n) is 2.29. The smallest absolute Gasteiger partial charge is 0.322 e. The average molecular weight is 265 g/mol. The van der Waals surface area contributed by atoms with Gasteiger partial charge >= 0.3 is 5.97 Å². The number of para-hydroxylation sites is 1. The Balaban J connectivity index is 2.24. The van der Waals surface area contributed by atoms with Gasteiger partial charge in [-0.15, -0.1) is 0 Å². The van der Waals surface area contributed by atoms with E-state index in [4.69, 9.17) is 14.3 Å². The Morgan fingerprint density at radius 1 is 1.42 bits per heavy atom. The molecule has 104 valence electrons. The molecule has 0 spiro atoms. The van der Waals surface area contributed by atoms with Crippen molar-refractivity contribution in [1.29, 1.82) is 0 Å². The number of esters is 1. The molecule has 0 aromatic heterocycles. The predicted molar refractivity (Wildman–Crippen MR) is 69.6 cm³/mol. The van der Waals surface area contributed by atoms with Crippen LogP contribution in [0, 0.1) is 0 Å². The quantitative estimate of drug-likeness (QED) is 0.615. The standard InChI is InChI=1S/C14H19NO4/c1-17-14(16)10-15(18-2)12-7-5-9-19-13-8-4-3-6-11(12)13/h3-4,6,8,12H,5,7,9-10H2,1-2H3. The van der Waals surface area contributed by atoms with Crippen LogP contribution in [0.5, 0.6) is 5.75 Å². The van der Waals surface area contributed by atoms with Crippen LogP contribution in [-0.4, -0.2) is 38.4 Å². The maximum Gasteiger partial charge on any atom is 0.322 e. The first-order valence-corrected chi connectivity index (χ1v) is 6.35. The molecule has 1 aromatic carbocycles. The number of nitrogens with zero attached hydrogens (tertiary/aromatic N) is 1. The lowest BCUT2D eigenvalue weighted by Crippen LogP contribution is -2.33. The first-order chi connectivity index (χ1) is 9.26. The second-order valence-corrected chi connectivity index (χ2v) is 4.38. The van der Waals surface area contributed by atoms with Crippen LogP contribution in [-0.2, 0) is 14.4 Å². The van der Waals surface area contributed by atoms with Crippen molar-refractivity contribution in [1.82, 2.24) is 5.06 Å². The third kappa shape index (κ3) is 3.24. The fourth-order valence-corrected chi connectivity index (χ4v) is 2.29. The number of carbonyl (C=O) groups excluding carboxylic acids is 1. The van der Waals surface area contributed by atoms with Gasteiger partial charge in [-0.2, -0.15) is 5.06 Å². The van der Waals surface area contributed by atoms with E-state index < -0.39 is 0 Å². The summed E-state index contributed by atoms with van der Waals surface area (Å²) >= 11 is 0. The molecule has 0 bridgehead atoms. The molecule has 0 saturated carbocycles. The van der Waals surface area contributed by atoms with Crippen LogP contribution >= 0.6 is 0 Å². The summed E-state index contributed by atoms with van der Waals surface area (Å²) in [4.78, 5) is 16.8. The molecule has 0 saturated heterocycles. The number of carbonyl (C=O) groups is 1. The molecule has 19 heavy (non-hydrogen) atoms. The Morgan fingerprint density at radius 3 is 2.95 bits per heavy atom. The van der Waals surface area contributed by atoms with Crippen LogP contribution < -0.4 is 4.74 Å². The molecule has 0 amide bonds. The van der Waals surface area contributed by atoms with Crippen LogP contribution in [0.1, 0.15) is 24.4 Å². The minimum atomic E-state index is -0.315. The highest BCUT2D eigenvalue weighted by Crippen LogP contribution is 2.35. The molecular formula is C14H19NO4. The Bertz CT molecular complexity index is 435. The fraction of sp³-hybridized carbons (Fsp3) is 0.500. The van der Waals surface area contributed by atoms with Gasteiger partial charge in [0.25, 0.3) is 0 Å². The van der Waals surface area contributed by atoms with E-state index in [0.717, 1.165) is 24.2 Å². The van der Waals surface area contributed by atoms with Crippen molar-refractivity contribution >= 4 is 5.97 Å². The van der Waals surface area contributed by atoms with Crippen molar-refractivity contribution in [2.24, 2.45) is 0 Å². The summed E-state index contributed by atoms with van der Waals surface area (Å²) in [6.45, 7) is 0.787. The average Bonchev–Trinajstić information content (AvgIpc) is 2.67. The molecular weight excluding hydrogens is 246 g/mol. The molecule has 2 rings (SSSR count). The van der Waals surface area contributed by atoms with Crippen LogP contribution in [0.3, 0.4) is 0 Å². The van der Waals surface area contributed by atoms with Crippen molar-refractivity contribution < 1.29 is 19.1 Å². The van der Waals surface area contributed by atoms with E-state index in [1.165, 1.54) is 7.11 Å². The molecule has 5 heteroatoms. The van der Waals surface area contributed by atoms with E-state index >= 15 is 0 Å². The number of benzene rings is 1. The molecule has 1 atom stereocenters. The molecule has 1 heterocycles. The Morgan fingerprint density at radius 2 is 2.21 bits per heavy atom. The predicted octanol–water partition coefficient (Wildman–Crippen LogP) is 1.94. The number of fused-ring (bicyclic) bond motifs is 1. The Labute approximate surface area is 113 Å². The largest absolute Gasteiger partial charge is 0.493 e. The third-order valence-corrected chi connectivity index (χ3v) is 3.25. The van der Waals surface area contributed by atoms with Gasteiger partial charge in [0.05, 0.1) is 26.9 Å². The van der Waals surface area contributed by atoms with Crippen molar-refractivity contribution in [2.75, 3.05) is 27.4 Å². The zero-order chi connectivity index (χ0) is 13.7. The Hall–Kier alpha value is -1.59. The second kappa shape index (κ2) is 6.54. The highest BCUT2D eigenvalue weighted by molar-refractivity contribution is 5.71. The van der Waals surface area contributed by atoms with Crippen LogP contribution in [0.25, 0.3) is 0 Å². The summed E-state index contributed by atoms with van der Waals surface area (Å²) in [5, 5.41) is 1.65. The van der Waals surface area contributed by atoms with Gasteiger partial charge in [-0.05, 0) is 18.9 Å².